The second-order valence-corrected chi connectivity index (χ2v) is 7.65. The highest BCUT2D eigenvalue weighted by atomic mass is 31.2. The van der Waals surface area contributed by atoms with Crippen LogP contribution < -0.4 is 5.30 Å². The Kier molecular flexibility index (Phi) is 8.10. The summed E-state index contributed by atoms with van der Waals surface area (Å²) < 4.78 is 19.1. The molecule has 0 fully saturated rings. The molecule has 0 heterocycles. The maximum absolute atomic E-state index is 13.5. The molecule has 130 valence electrons. The van der Waals surface area contributed by atoms with Gasteiger partial charge in [0.05, 0.1) is 6.61 Å². The Labute approximate surface area is 145 Å². The molecular weight excluding hydrogens is 319 g/mol. The molecule has 24 heavy (non-hydrogen) atoms. The highest BCUT2D eigenvalue weighted by molar-refractivity contribution is 7.83. The van der Waals surface area contributed by atoms with E-state index < -0.39 is 12.9 Å². The van der Waals surface area contributed by atoms with Crippen molar-refractivity contribution in [2.45, 2.75) is 40.5 Å². The highest BCUT2D eigenvalue weighted by Crippen LogP contribution is 2.50. The molecule has 0 N–H and O–H groups in total. The number of carbonyl (C=O) groups is 1. The molecule has 1 aromatic rings. The van der Waals surface area contributed by atoms with Crippen LogP contribution in [0.25, 0.3) is 0 Å². The van der Waals surface area contributed by atoms with Gasteiger partial charge in [-0.25, -0.2) is 0 Å². The summed E-state index contributed by atoms with van der Waals surface area (Å²) in [4.78, 5) is 13.3. The van der Waals surface area contributed by atoms with E-state index in [9.17, 15) is 9.36 Å². The number of hydrogen-bond donors (Lipinski definition) is 0. The molecule has 0 aliphatic carbocycles. The van der Waals surface area contributed by atoms with Gasteiger partial charge in [0.15, 0.2) is 0 Å². The predicted molar refractivity (Wildman–Crippen MR) is 102 cm³/mol. The SMILES string of the molecule is C=C/C(CC)=C(C(=O)P(=O)(OCC)c1ccccc1)\C(C)=C/CC. The number of allylic oxidation sites excluding steroid dienone is 5. The summed E-state index contributed by atoms with van der Waals surface area (Å²) >= 11 is 0. The zero-order valence-corrected chi connectivity index (χ0v) is 15.9. The van der Waals surface area contributed by atoms with Crippen LogP contribution in [0.1, 0.15) is 40.5 Å². The molecule has 1 atom stereocenters. The molecule has 0 aliphatic rings. The van der Waals surface area contributed by atoms with Crippen LogP contribution in [0.2, 0.25) is 0 Å². The maximum atomic E-state index is 13.5. The average molecular weight is 346 g/mol. The van der Waals surface area contributed by atoms with Crippen molar-refractivity contribution in [1.29, 1.82) is 0 Å². The third-order valence-electron chi connectivity index (χ3n) is 3.74. The Balaban J connectivity index is 3.59. The summed E-state index contributed by atoms with van der Waals surface area (Å²) in [6, 6.07) is 8.72. The lowest BCUT2D eigenvalue weighted by Crippen LogP contribution is -2.18. The van der Waals surface area contributed by atoms with E-state index in [1.165, 1.54) is 0 Å². The molecular formula is C20H27O3P. The van der Waals surface area contributed by atoms with Crippen LogP contribution in [-0.2, 0) is 13.9 Å². The Hall–Kier alpha value is -1.70. The Morgan fingerprint density at radius 2 is 1.83 bits per heavy atom. The summed E-state index contributed by atoms with van der Waals surface area (Å²) in [6.45, 7) is 11.6. The number of hydrogen-bond acceptors (Lipinski definition) is 3. The summed E-state index contributed by atoms with van der Waals surface area (Å²) in [6.07, 6.45) is 5.07. The van der Waals surface area contributed by atoms with Gasteiger partial charge >= 0.3 is 7.37 Å². The summed E-state index contributed by atoms with van der Waals surface area (Å²) in [5, 5.41) is 0.429. The van der Waals surface area contributed by atoms with Gasteiger partial charge in [-0.05, 0) is 50.0 Å². The van der Waals surface area contributed by atoms with E-state index in [2.05, 4.69) is 6.58 Å². The van der Waals surface area contributed by atoms with Crippen molar-refractivity contribution in [2.75, 3.05) is 6.61 Å². The summed E-state index contributed by atoms with van der Waals surface area (Å²) in [7, 11) is -3.66. The van der Waals surface area contributed by atoms with Crippen LogP contribution in [0.3, 0.4) is 0 Å². The van der Waals surface area contributed by atoms with Crippen molar-refractivity contribution >= 4 is 18.2 Å². The van der Waals surface area contributed by atoms with E-state index in [1.54, 1.807) is 37.3 Å². The molecule has 0 bridgehead atoms. The van der Waals surface area contributed by atoms with E-state index in [-0.39, 0.29) is 6.61 Å². The van der Waals surface area contributed by atoms with Crippen molar-refractivity contribution in [3.63, 3.8) is 0 Å². The molecule has 0 amide bonds. The van der Waals surface area contributed by atoms with E-state index >= 15 is 0 Å². The number of rotatable bonds is 9. The van der Waals surface area contributed by atoms with Gasteiger partial charge in [-0.1, -0.05) is 50.8 Å². The van der Waals surface area contributed by atoms with E-state index in [0.29, 0.717) is 17.3 Å². The van der Waals surface area contributed by atoms with Crippen molar-refractivity contribution in [3.8, 4) is 0 Å². The van der Waals surface area contributed by atoms with Gasteiger partial charge in [0.25, 0.3) is 5.52 Å². The fourth-order valence-electron chi connectivity index (χ4n) is 2.59. The lowest BCUT2D eigenvalue weighted by Gasteiger charge is -2.20. The van der Waals surface area contributed by atoms with Crippen LogP contribution in [-0.4, -0.2) is 12.1 Å². The quantitative estimate of drug-likeness (QED) is 0.341. The molecule has 3 nitrogen and oxygen atoms in total. The van der Waals surface area contributed by atoms with Crippen molar-refractivity contribution in [1.82, 2.24) is 0 Å². The standard InChI is InChI=1S/C20H27O3P/c1-6-13-16(5)19(17(7-2)8-3)20(21)24(22,23-9-4)18-14-11-10-12-15-18/h7,10-15H,2,6,8-9H2,1,3-5H3/b16-13-,19-17-. The van der Waals surface area contributed by atoms with Crippen LogP contribution in [0.5, 0.6) is 0 Å². The number of carbonyl (C=O) groups excluding carboxylic acids is 1. The third kappa shape index (κ3) is 4.43. The molecule has 1 rings (SSSR count). The van der Waals surface area contributed by atoms with Crippen molar-refractivity contribution in [3.05, 3.63) is 65.8 Å². The number of benzene rings is 1. The molecule has 0 spiro atoms. The Bertz CT molecular complexity index is 684. The zero-order chi connectivity index (χ0) is 18.2. The second-order valence-electron chi connectivity index (χ2n) is 5.36. The van der Waals surface area contributed by atoms with Gasteiger partial charge < -0.3 is 4.52 Å². The normalized spacial score (nSPS) is 15.4. The molecule has 0 radical (unpaired) electrons. The van der Waals surface area contributed by atoms with Crippen LogP contribution >= 0.6 is 7.37 Å². The maximum Gasteiger partial charge on any atom is 0.300 e. The average Bonchev–Trinajstić information content (AvgIpc) is 2.60. The van der Waals surface area contributed by atoms with Gasteiger partial charge in [0, 0.05) is 10.9 Å². The monoisotopic (exact) mass is 346 g/mol. The smallest absolute Gasteiger partial charge is 0.300 e. The topological polar surface area (TPSA) is 43.4 Å². The first-order chi connectivity index (χ1) is 11.5. The lowest BCUT2D eigenvalue weighted by atomic mass is 9.99. The molecule has 1 unspecified atom stereocenters. The van der Waals surface area contributed by atoms with Gasteiger partial charge in [-0.3, -0.25) is 9.36 Å². The van der Waals surface area contributed by atoms with Gasteiger partial charge in [0.1, 0.15) is 0 Å². The second kappa shape index (κ2) is 9.56. The lowest BCUT2D eigenvalue weighted by molar-refractivity contribution is -0.109. The van der Waals surface area contributed by atoms with Crippen LogP contribution in [0.4, 0.5) is 0 Å². The molecule has 4 heteroatoms. The minimum absolute atomic E-state index is 0.206. The van der Waals surface area contributed by atoms with Crippen LogP contribution in [0.15, 0.2) is 65.8 Å². The summed E-state index contributed by atoms with van der Waals surface area (Å²) in [5.41, 5.74) is 1.62. The predicted octanol–water partition coefficient (Wildman–Crippen LogP) is 5.40. The molecule has 0 saturated carbocycles. The fourth-order valence-corrected chi connectivity index (χ4v) is 4.64. The Morgan fingerprint density at radius 3 is 2.29 bits per heavy atom. The molecule has 0 saturated heterocycles. The zero-order valence-electron chi connectivity index (χ0n) is 15.0. The highest BCUT2D eigenvalue weighted by Gasteiger charge is 2.38. The van der Waals surface area contributed by atoms with Crippen LogP contribution in [0, 0.1) is 0 Å². The minimum Gasteiger partial charge on any atom is -0.320 e. The van der Waals surface area contributed by atoms with Gasteiger partial charge in [-0.15, -0.1) is 0 Å². The van der Waals surface area contributed by atoms with Crippen molar-refractivity contribution in [2.24, 2.45) is 0 Å². The first-order valence-corrected chi connectivity index (χ1v) is 9.96. The summed E-state index contributed by atoms with van der Waals surface area (Å²) in [5.74, 6) is 0. The van der Waals surface area contributed by atoms with Crippen molar-refractivity contribution < 1.29 is 13.9 Å². The fraction of sp³-hybridized carbons (Fsp3) is 0.350. The molecule has 1 aromatic carbocycles. The first-order valence-electron chi connectivity index (χ1n) is 8.33. The third-order valence-corrected chi connectivity index (χ3v) is 6.10. The van der Waals surface area contributed by atoms with Gasteiger partial charge in [0.2, 0.25) is 0 Å². The van der Waals surface area contributed by atoms with E-state index in [4.69, 9.17) is 4.52 Å². The molecule has 0 aromatic heterocycles. The minimum atomic E-state index is -3.66. The first kappa shape index (κ1) is 20.3. The molecule has 0 aliphatic heterocycles. The largest absolute Gasteiger partial charge is 0.320 e. The van der Waals surface area contributed by atoms with E-state index in [0.717, 1.165) is 17.6 Å². The Morgan fingerprint density at radius 1 is 1.21 bits per heavy atom. The van der Waals surface area contributed by atoms with E-state index in [1.807, 2.05) is 32.9 Å². The van der Waals surface area contributed by atoms with Gasteiger partial charge in [-0.2, -0.15) is 0 Å².